The number of carbonyl (C=O) groups is 1. The van der Waals surface area contributed by atoms with Gasteiger partial charge in [0.25, 0.3) is 0 Å². The van der Waals surface area contributed by atoms with E-state index in [1.165, 1.54) is 12.1 Å². The molecule has 9 heteroatoms. The van der Waals surface area contributed by atoms with E-state index in [2.05, 4.69) is 30.1 Å². The molecule has 2 aromatic carbocycles. The number of carboxylic acid groups (broad SMARTS) is 1. The lowest BCUT2D eigenvalue weighted by Gasteiger charge is -2.42. The minimum Gasteiger partial charge on any atom is -0.490 e. The van der Waals surface area contributed by atoms with Crippen LogP contribution in [0.4, 0.5) is 10.2 Å². The lowest BCUT2D eigenvalue weighted by atomic mass is 9.91. The second kappa shape index (κ2) is 13.8. The Morgan fingerprint density at radius 1 is 1.14 bits per heavy atom. The first kappa shape index (κ1) is 34.9. The molecule has 3 aliphatic rings. The molecule has 0 radical (unpaired) electrons. The highest BCUT2D eigenvalue weighted by atomic mass is 19.1. The summed E-state index contributed by atoms with van der Waals surface area (Å²) in [5, 5.41) is 10.7. The Bertz CT molecular complexity index is 1840. The van der Waals surface area contributed by atoms with Crippen molar-refractivity contribution in [2.24, 2.45) is 0 Å². The van der Waals surface area contributed by atoms with Gasteiger partial charge < -0.3 is 24.2 Å². The van der Waals surface area contributed by atoms with Gasteiger partial charge in [-0.3, -0.25) is 4.40 Å². The number of carboxylic acids is 1. The van der Waals surface area contributed by atoms with Crippen molar-refractivity contribution in [3.8, 4) is 28.1 Å². The molecule has 49 heavy (non-hydrogen) atoms. The van der Waals surface area contributed by atoms with Crippen LogP contribution in [0.25, 0.3) is 28.0 Å². The van der Waals surface area contributed by atoms with Crippen LogP contribution in [0.2, 0.25) is 0 Å². The van der Waals surface area contributed by atoms with Gasteiger partial charge in [-0.25, -0.2) is 14.2 Å². The predicted molar refractivity (Wildman–Crippen MR) is 191 cm³/mol. The van der Waals surface area contributed by atoms with E-state index in [1.54, 1.807) is 6.07 Å². The first-order valence-corrected chi connectivity index (χ1v) is 17.7. The van der Waals surface area contributed by atoms with Crippen molar-refractivity contribution < 1.29 is 28.5 Å². The second-order valence-electron chi connectivity index (χ2n) is 14.9. The molecule has 7 rings (SSSR count). The van der Waals surface area contributed by atoms with E-state index in [4.69, 9.17) is 19.2 Å². The minimum absolute atomic E-state index is 0.0459. The zero-order valence-electron chi connectivity index (χ0n) is 29.9. The highest BCUT2D eigenvalue weighted by Crippen LogP contribution is 2.42. The third kappa shape index (κ3) is 7.33. The van der Waals surface area contributed by atoms with Crippen LogP contribution in [0.5, 0.6) is 5.75 Å². The van der Waals surface area contributed by atoms with Gasteiger partial charge in [0.05, 0.1) is 23.0 Å². The van der Waals surface area contributed by atoms with E-state index in [9.17, 15) is 14.3 Å². The number of fused-ring (bicyclic) bond motifs is 8. The number of pyridine rings is 1. The smallest absolute Gasteiger partial charge is 0.337 e. The van der Waals surface area contributed by atoms with E-state index in [-0.39, 0.29) is 17.5 Å². The molecule has 0 aliphatic carbocycles. The number of aromatic nitrogens is 2. The third-order valence-electron chi connectivity index (χ3n) is 9.93. The van der Waals surface area contributed by atoms with E-state index in [0.29, 0.717) is 43.0 Å². The maximum atomic E-state index is 14.7. The van der Waals surface area contributed by atoms with Crippen molar-refractivity contribution in [3.05, 3.63) is 71.2 Å². The van der Waals surface area contributed by atoms with Crippen molar-refractivity contribution in [2.45, 2.75) is 110 Å². The molecular formula is C40H50FN3O5. The zero-order valence-corrected chi connectivity index (χ0v) is 29.9. The van der Waals surface area contributed by atoms with E-state index >= 15 is 0 Å². The number of hydrogen-bond donors (Lipinski definition) is 1. The Balaban J connectivity index is 1.58. The molecule has 2 aromatic heterocycles. The van der Waals surface area contributed by atoms with Crippen LogP contribution in [0.15, 0.2) is 48.7 Å². The van der Waals surface area contributed by atoms with Gasteiger partial charge in [0.1, 0.15) is 23.0 Å². The maximum absolute atomic E-state index is 14.7. The zero-order chi connectivity index (χ0) is 35.1. The molecular weight excluding hydrogens is 621 g/mol. The average molecular weight is 672 g/mol. The molecule has 0 saturated carbocycles. The number of imidazole rings is 1. The quantitative estimate of drug-likeness (QED) is 0.232. The van der Waals surface area contributed by atoms with Crippen LogP contribution in [-0.4, -0.2) is 57.5 Å². The minimum atomic E-state index is -1.18. The molecule has 1 N–H and O–H groups in total. The Labute approximate surface area is 289 Å². The van der Waals surface area contributed by atoms with E-state index < -0.39 is 17.7 Å². The summed E-state index contributed by atoms with van der Waals surface area (Å²) in [6.45, 7) is 16.0. The Morgan fingerprint density at radius 3 is 2.57 bits per heavy atom. The number of aryl methyl sites for hydroxylation is 1. The number of anilines is 1. The van der Waals surface area contributed by atoms with Gasteiger partial charge in [0.15, 0.2) is 6.10 Å². The van der Waals surface area contributed by atoms with Gasteiger partial charge in [0.2, 0.25) is 0 Å². The molecule has 5 heterocycles. The maximum Gasteiger partial charge on any atom is 0.337 e. The van der Waals surface area contributed by atoms with Crippen LogP contribution < -0.4 is 9.64 Å². The molecule has 0 amide bonds. The van der Waals surface area contributed by atoms with Gasteiger partial charge in [0, 0.05) is 42.6 Å². The van der Waals surface area contributed by atoms with Crippen molar-refractivity contribution >= 4 is 17.4 Å². The number of rotatable bonds is 4. The number of aliphatic carboxylic acids is 1. The molecule has 8 nitrogen and oxygen atoms in total. The number of benzene rings is 2. The molecule has 262 valence electrons. The van der Waals surface area contributed by atoms with Crippen LogP contribution in [0.3, 0.4) is 0 Å². The summed E-state index contributed by atoms with van der Waals surface area (Å²) < 4.78 is 36.0. The first-order chi connectivity index (χ1) is 23.3. The first-order valence-electron chi connectivity index (χ1n) is 17.7. The van der Waals surface area contributed by atoms with Crippen molar-refractivity contribution in [2.75, 3.05) is 24.6 Å². The van der Waals surface area contributed by atoms with Crippen LogP contribution in [0.1, 0.15) is 96.4 Å². The molecule has 0 spiro atoms. The van der Waals surface area contributed by atoms with Crippen LogP contribution >= 0.6 is 0 Å². The topological polar surface area (TPSA) is 85.5 Å². The number of nitrogens with zero attached hydrogens (tertiary/aromatic N) is 3. The molecule has 3 aliphatic heterocycles. The summed E-state index contributed by atoms with van der Waals surface area (Å²) in [6.07, 6.45) is 5.77. The summed E-state index contributed by atoms with van der Waals surface area (Å²) >= 11 is 0. The van der Waals surface area contributed by atoms with Crippen LogP contribution in [0, 0.1) is 12.7 Å². The number of halogens is 1. The summed E-state index contributed by atoms with van der Waals surface area (Å²) in [6, 6.07) is 12.6. The highest BCUT2D eigenvalue weighted by molar-refractivity contribution is 5.82. The van der Waals surface area contributed by atoms with Crippen molar-refractivity contribution in [1.82, 2.24) is 9.38 Å². The van der Waals surface area contributed by atoms with Crippen molar-refractivity contribution in [1.29, 1.82) is 0 Å². The monoisotopic (exact) mass is 671 g/mol. The molecule has 6 bridgehead atoms. The molecule has 4 aromatic rings. The van der Waals surface area contributed by atoms with Gasteiger partial charge in [-0.05, 0) is 121 Å². The fourth-order valence-electron chi connectivity index (χ4n) is 7.31. The third-order valence-corrected chi connectivity index (χ3v) is 9.93. The van der Waals surface area contributed by atoms with Crippen molar-refractivity contribution in [3.63, 3.8) is 0 Å². The van der Waals surface area contributed by atoms with Gasteiger partial charge >= 0.3 is 5.97 Å². The Hall–Kier alpha value is -3.95. The van der Waals surface area contributed by atoms with Gasteiger partial charge in [-0.2, -0.15) is 0 Å². The lowest BCUT2D eigenvalue weighted by Crippen LogP contribution is -2.45. The predicted octanol–water partition coefficient (Wildman–Crippen LogP) is 8.95. The molecule has 1 fully saturated rings. The van der Waals surface area contributed by atoms with E-state index in [0.717, 1.165) is 71.5 Å². The molecule has 2 unspecified atom stereocenters. The molecule has 1 saturated heterocycles. The summed E-state index contributed by atoms with van der Waals surface area (Å²) in [7, 11) is 0. The Kier molecular flexibility index (Phi) is 9.79. The van der Waals surface area contributed by atoms with Gasteiger partial charge in [-0.15, -0.1) is 0 Å². The lowest BCUT2D eigenvalue weighted by molar-refractivity contribution is -0.160. The van der Waals surface area contributed by atoms with Crippen LogP contribution in [-0.2, 0) is 20.7 Å². The fraction of sp³-hybridized carbons (Fsp3) is 0.500. The highest BCUT2D eigenvalue weighted by Gasteiger charge is 2.38. The van der Waals surface area contributed by atoms with Gasteiger partial charge in [-0.1, -0.05) is 25.1 Å². The number of ether oxygens (including phenoxy) is 3. The van der Waals surface area contributed by atoms with E-state index in [1.807, 2.05) is 58.2 Å². The second-order valence-corrected chi connectivity index (χ2v) is 14.9. The summed E-state index contributed by atoms with van der Waals surface area (Å²) in [5.74, 6) is 0.0760. The largest absolute Gasteiger partial charge is 0.490 e. The fourth-order valence-corrected chi connectivity index (χ4v) is 7.31. The standard InChI is InChI=1S/C40H50FN3O5/c1-8-30-26(3)34(35(38(45)46)49-39(4,5)6)37-43-19-17-40(7,18-20-43)47-21-10-9-12-25(2)48-33-16-15-29(41)23-31(33)27-13-11-14-28(22-27)32-24-44(37)36(30)42-32/h11,13-16,22-25,35H,8-10,12,17-21H2,1-7H3,(H,45,46). The summed E-state index contributed by atoms with van der Waals surface area (Å²) in [5.41, 5.74) is 5.45. The number of piperidine rings is 1. The summed E-state index contributed by atoms with van der Waals surface area (Å²) in [4.78, 5) is 20.5. The SMILES string of the molecule is CCc1c(C)c(C(OC(C)(C)C)C(=O)O)c2n3cc(nc13)-c1cccc(c1)-c1cc(F)ccc1OC(C)CCCCOC1(C)CCN2CC1. The molecule has 2 atom stereocenters. The number of hydrogen-bond acceptors (Lipinski definition) is 6. The normalized spacial score (nSPS) is 21.0. The Morgan fingerprint density at radius 2 is 1.88 bits per heavy atom. The average Bonchev–Trinajstić information content (AvgIpc) is 3.48.